The predicted molar refractivity (Wildman–Crippen MR) is 56.1 cm³/mol. The van der Waals surface area contributed by atoms with Crippen molar-refractivity contribution in [2.75, 3.05) is 6.61 Å². The molecule has 0 saturated heterocycles. The summed E-state index contributed by atoms with van der Waals surface area (Å²) in [5.74, 6) is 0.807. The number of nitrogens with one attached hydrogen (secondary N) is 1. The van der Waals surface area contributed by atoms with Crippen molar-refractivity contribution in [1.82, 2.24) is 5.48 Å². The third kappa shape index (κ3) is 1.93. The summed E-state index contributed by atoms with van der Waals surface area (Å²) in [4.78, 5) is 9.84. The number of hydroxylamine groups is 1. The Labute approximate surface area is 83.8 Å². The fraction of sp³-hybridized carbons (Fsp3) is 0.364. The smallest absolute Gasteiger partial charge is 0.153 e. The van der Waals surface area contributed by atoms with Crippen LogP contribution in [-0.2, 0) is 4.84 Å². The lowest BCUT2D eigenvalue weighted by atomic mass is 10.1. The molecule has 1 aromatic carbocycles. The van der Waals surface area contributed by atoms with Crippen LogP contribution in [0.25, 0.3) is 0 Å². The molecule has 74 valence electrons. The minimum absolute atomic E-state index is 0.142. The van der Waals surface area contributed by atoms with Gasteiger partial charge in [0, 0.05) is 5.56 Å². The molecule has 1 N–H and O–H groups in total. The van der Waals surface area contributed by atoms with Crippen LogP contribution in [-0.4, -0.2) is 18.0 Å². The molecular weight excluding hydrogens is 176 g/mol. The monoisotopic (exact) mass is 190 g/mol. The molecule has 0 radical (unpaired) electrons. The van der Waals surface area contributed by atoms with Gasteiger partial charge >= 0.3 is 0 Å². The van der Waals surface area contributed by atoms with Crippen molar-refractivity contribution in [2.45, 2.75) is 19.4 Å². The molecule has 14 heavy (non-hydrogen) atoms. The molecule has 1 aliphatic rings. The van der Waals surface area contributed by atoms with Crippen molar-refractivity contribution in [3.8, 4) is 0 Å². The highest BCUT2D eigenvalue weighted by atomic mass is 16.6. The second-order valence-electron chi connectivity index (χ2n) is 4.03. The first-order valence-electron chi connectivity index (χ1n) is 4.70. The summed E-state index contributed by atoms with van der Waals surface area (Å²) in [7, 11) is 0. The first-order chi connectivity index (χ1) is 6.67. The van der Waals surface area contributed by atoms with E-state index in [1.54, 1.807) is 0 Å². The minimum Gasteiger partial charge on any atom is -0.272 e. The summed E-state index contributed by atoms with van der Waals surface area (Å²) >= 11 is 0. The number of amidine groups is 1. The molecule has 0 saturated carbocycles. The third-order valence-corrected chi connectivity index (χ3v) is 2.06. The van der Waals surface area contributed by atoms with Crippen molar-refractivity contribution >= 4 is 5.84 Å². The van der Waals surface area contributed by atoms with Gasteiger partial charge in [0.05, 0.1) is 12.1 Å². The Morgan fingerprint density at radius 3 is 2.64 bits per heavy atom. The summed E-state index contributed by atoms with van der Waals surface area (Å²) < 4.78 is 0. The lowest BCUT2D eigenvalue weighted by Gasteiger charge is -2.27. The van der Waals surface area contributed by atoms with Crippen LogP contribution in [0.1, 0.15) is 19.4 Å². The molecule has 0 amide bonds. The molecule has 0 fully saturated rings. The quantitative estimate of drug-likeness (QED) is 0.732. The Bertz CT molecular complexity index is 344. The van der Waals surface area contributed by atoms with E-state index in [-0.39, 0.29) is 5.54 Å². The number of hydrogen-bond donors (Lipinski definition) is 1. The maximum Gasteiger partial charge on any atom is 0.153 e. The fourth-order valence-corrected chi connectivity index (χ4v) is 1.36. The largest absolute Gasteiger partial charge is 0.272 e. The highest BCUT2D eigenvalue weighted by molar-refractivity contribution is 5.98. The standard InChI is InChI=1S/C11H14N2O/c1-11(2)8-14-13-10(12-11)9-6-4-3-5-7-9/h3-7H,8H2,1-2H3,(H,12,13). The van der Waals surface area contributed by atoms with Gasteiger partial charge in [-0.25, -0.2) is 5.48 Å². The molecule has 0 bridgehead atoms. The van der Waals surface area contributed by atoms with Gasteiger partial charge in [-0.05, 0) is 13.8 Å². The van der Waals surface area contributed by atoms with E-state index in [2.05, 4.69) is 24.3 Å². The van der Waals surface area contributed by atoms with Crippen molar-refractivity contribution in [3.63, 3.8) is 0 Å². The Morgan fingerprint density at radius 2 is 2.00 bits per heavy atom. The Morgan fingerprint density at radius 1 is 1.29 bits per heavy atom. The highest BCUT2D eigenvalue weighted by Crippen LogP contribution is 2.14. The number of hydrogen-bond acceptors (Lipinski definition) is 3. The molecule has 0 unspecified atom stereocenters. The van der Waals surface area contributed by atoms with Crippen molar-refractivity contribution in [3.05, 3.63) is 35.9 Å². The molecule has 2 rings (SSSR count). The molecule has 1 heterocycles. The lowest BCUT2D eigenvalue weighted by molar-refractivity contribution is 0.0406. The number of nitrogens with zero attached hydrogens (tertiary/aromatic N) is 1. The average Bonchev–Trinajstić information content (AvgIpc) is 2.18. The zero-order valence-electron chi connectivity index (χ0n) is 8.45. The summed E-state index contributed by atoms with van der Waals surface area (Å²) in [6.07, 6.45) is 0. The van der Waals surface area contributed by atoms with Gasteiger partial charge in [-0.3, -0.25) is 9.83 Å². The highest BCUT2D eigenvalue weighted by Gasteiger charge is 2.23. The lowest BCUT2D eigenvalue weighted by Crippen LogP contribution is -2.40. The number of benzene rings is 1. The zero-order valence-corrected chi connectivity index (χ0v) is 8.45. The van der Waals surface area contributed by atoms with Crippen LogP contribution < -0.4 is 5.48 Å². The maximum absolute atomic E-state index is 5.27. The van der Waals surface area contributed by atoms with Crippen LogP contribution in [0.4, 0.5) is 0 Å². The van der Waals surface area contributed by atoms with Gasteiger partial charge in [-0.1, -0.05) is 30.3 Å². The second-order valence-corrected chi connectivity index (χ2v) is 4.03. The second kappa shape index (κ2) is 3.42. The van der Waals surface area contributed by atoms with Crippen LogP contribution in [0.15, 0.2) is 35.3 Å². The Hall–Kier alpha value is -1.35. The van der Waals surface area contributed by atoms with Crippen LogP contribution in [0.5, 0.6) is 0 Å². The topological polar surface area (TPSA) is 33.6 Å². The summed E-state index contributed by atoms with van der Waals surface area (Å²) in [5, 5.41) is 0. The van der Waals surface area contributed by atoms with E-state index in [0.29, 0.717) is 6.61 Å². The normalized spacial score (nSPS) is 19.7. The SMILES string of the molecule is CC1(C)CONC(c2ccccc2)=N1. The van der Waals surface area contributed by atoms with E-state index in [1.165, 1.54) is 0 Å². The van der Waals surface area contributed by atoms with E-state index < -0.39 is 0 Å². The van der Waals surface area contributed by atoms with Gasteiger partial charge in [-0.15, -0.1) is 0 Å². The van der Waals surface area contributed by atoms with Crippen LogP contribution >= 0.6 is 0 Å². The average molecular weight is 190 g/mol. The van der Waals surface area contributed by atoms with Crippen molar-refractivity contribution < 1.29 is 4.84 Å². The van der Waals surface area contributed by atoms with Crippen LogP contribution in [0.2, 0.25) is 0 Å². The molecule has 0 atom stereocenters. The zero-order chi connectivity index (χ0) is 10.0. The van der Waals surface area contributed by atoms with Gasteiger partial charge in [0.1, 0.15) is 0 Å². The molecule has 0 spiro atoms. The molecule has 0 aliphatic carbocycles. The molecule has 1 aliphatic heterocycles. The van der Waals surface area contributed by atoms with Crippen molar-refractivity contribution in [1.29, 1.82) is 0 Å². The van der Waals surface area contributed by atoms with E-state index in [1.807, 2.05) is 30.3 Å². The number of rotatable bonds is 1. The first-order valence-corrected chi connectivity index (χ1v) is 4.70. The van der Waals surface area contributed by atoms with E-state index in [0.717, 1.165) is 11.4 Å². The summed E-state index contributed by atoms with van der Waals surface area (Å²) in [5.41, 5.74) is 3.75. The molecule has 3 nitrogen and oxygen atoms in total. The van der Waals surface area contributed by atoms with Gasteiger partial charge in [0.15, 0.2) is 5.84 Å². The first kappa shape index (κ1) is 9.21. The predicted octanol–water partition coefficient (Wildman–Crippen LogP) is 1.75. The number of aliphatic imine (C=N–C) groups is 1. The van der Waals surface area contributed by atoms with E-state index in [4.69, 9.17) is 4.84 Å². The van der Waals surface area contributed by atoms with E-state index >= 15 is 0 Å². The Kier molecular flexibility index (Phi) is 2.25. The molecular formula is C11H14N2O. The van der Waals surface area contributed by atoms with Gasteiger partial charge in [0.25, 0.3) is 0 Å². The molecule has 3 heteroatoms. The maximum atomic E-state index is 5.27. The van der Waals surface area contributed by atoms with E-state index in [9.17, 15) is 0 Å². The summed E-state index contributed by atoms with van der Waals surface area (Å²) in [6.45, 7) is 4.71. The van der Waals surface area contributed by atoms with Crippen LogP contribution in [0.3, 0.4) is 0 Å². The molecule has 0 aromatic heterocycles. The summed E-state index contributed by atoms with van der Waals surface area (Å²) in [6, 6.07) is 9.98. The van der Waals surface area contributed by atoms with Gasteiger partial charge in [0.2, 0.25) is 0 Å². The third-order valence-electron chi connectivity index (χ3n) is 2.06. The minimum atomic E-state index is -0.142. The van der Waals surface area contributed by atoms with Crippen LogP contribution in [0, 0.1) is 0 Å². The van der Waals surface area contributed by atoms with Crippen molar-refractivity contribution in [2.24, 2.45) is 4.99 Å². The van der Waals surface area contributed by atoms with Gasteiger partial charge in [-0.2, -0.15) is 0 Å². The van der Waals surface area contributed by atoms with Gasteiger partial charge < -0.3 is 0 Å². The fourth-order valence-electron chi connectivity index (χ4n) is 1.36. The molecule has 1 aromatic rings. The Balaban J connectivity index is 2.31.